The summed E-state index contributed by atoms with van der Waals surface area (Å²) in [6, 6.07) is 0. The summed E-state index contributed by atoms with van der Waals surface area (Å²) in [6.45, 7) is 17.2. The molecule has 1 fully saturated rings. The number of quaternary nitrogens is 2. The molecule has 0 aliphatic carbocycles. The van der Waals surface area contributed by atoms with Gasteiger partial charge in [-0.3, -0.25) is 0 Å². The quantitative estimate of drug-likeness (QED) is 0.314. The SMILES string of the molecule is C=C(C)c1c(C)c(C)c(C)c(N2OCC(COCCC[N+](C)(C)O[N+](C)(C)C)O2)c1C. The molecule has 0 aromatic heterocycles. The number of allylic oxidation sites excluding steroid dienone is 1. The van der Waals surface area contributed by atoms with Crippen LogP contribution in [0.2, 0.25) is 0 Å². The van der Waals surface area contributed by atoms with E-state index in [1.165, 1.54) is 22.3 Å². The molecule has 2 rings (SSSR count). The molecule has 7 heteroatoms. The van der Waals surface area contributed by atoms with Gasteiger partial charge in [-0.2, -0.15) is 0 Å². The minimum Gasteiger partial charge on any atom is -0.378 e. The predicted molar refractivity (Wildman–Crippen MR) is 125 cm³/mol. The van der Waals surface area contributed by atoms with Gasteiger partial charge in [0.1, 0.15) is 60.2 Å². The molecule has 1 atom stereocenters. The highest BCUT2D eigenvalue weighted by molar-refractivity contribution is 5.76. The largest absolute Gasteiger partial charge is 0.378 e. The van der Waals surface area contributed by atoms with Crippen molar-refractivity contribution in [2.75, 3.05) is 66.8 Å². The average molecular weight is 438 g/mol. The van der Waals surface area contributed by atoms with E-state index in [0.717, 1.165) is 29.8 Å². The summed E-state index contributed by atoms with van der Waals surface area (Å²) < 4.78 is 6.82. The molecule has 0 saturated carbocycles. The van der Waals surface area contributed by atoms with E-state index < -0.39 is 0 Å². The van der Waals surface area contributed by atoms with Gasteiger partial charge in [-0.15, -0.1) is 14.5 Å². The molecule has 1 unspecified atom stereocenters. The normalized spacial score (nSPS) is 17.5. The number of nitrogens with zero attached hydrogens (tertiary/aromatic N) is 3. The fraction of sp³-hybridized carbons (Fsp3) is 0.667. The van der Waals surface area contributed by atoms with Crippen LogP contribution in [0.3, 0.4) is 0 Å². The molecular formula is C24H43N3O4+2. The first kappa shape index (κ1) is 25.8. The molecule has 0 radical (unpaired) electrons. The van der Waals surface area contributed by atoms with Gasteiger partial charge in [-0.1, -0.05) is 12.2 Å². The van der Waals surface area contributed by atoms with Crippen LogP contribution in [-0.4, -0.2) is 77.0 Å². The molecule has 0 spiro atoms. The molecule has 1 saturated heterocycles. The highest BCUT2D eigenvalue weighted by Crippen LogP contribution is 2.38. The Bertz CT molecular complexity index is 799. The van der Waals surface area contributed by atoms with Gasteiger partial charge in [0.05, 0.1) is 13.2 Å². The summed E-state index contributed by atoms with van der Waals surface area (Å²) in [4.78, 5) is 18.0. The van der Waals surface area contributed by atoms with Gasteiger partial charge in [0, 0.05) is 6.42 Å². The smallest absolute Gasteiger partial charge is 0.137 e. The fourth-order valence-corrected chi connectivity index (χ4v) is 4.25. The number of hydroxylamine groups is 6. The lowest BCUT2D eigenvalue weighted by atomic mass is 9.89. The third-order valence-electron chi connectivity index (χ3n) is 5.57. The van der Waals surface area contributed by atoms with Crippen molar-refractivity contribution in [2.45, 2.75) is 47.1 Å². The predicted octanol–water partition coefficient (Wildman–Crippen LogP) is 4.04. The van der Waals surface area contributed by atoms with E-state index in [4.69, 9.17) is 19.4 Å². The topological polar surface area (TPSA) is 40.2 Å². The standard InChI is InChI=1S/C24H43N3O4/c1-17(2)23-19(4)18(3)20(5)24(21(23)6)25-29-16-22(30-25)15-28-14-12-13-27(10,11)31-26(7,8)9/h22H,1,12-16H2,2-11H3/q+2. The summed E-state index contributed by atoms with van der Waals surface area (Å²) >= 11 is 0. The number of rotatable bonds is 10. The van der Waals surface area contributed by atoms with Crippen molar-refractivity contribution >= 4 is 11.3 Å². The number of hydrogen-bond acceptors (Lipinski definition) is 5. The zero-order chi connectivity index (χ0) is 23.6. The van der Waals surface area contributed by atoms with Crippen molar-refractivity contribution in [2.24, 2.45) is 0 Å². The fourth-order valence-electron chi connectivity index (χ4n) is 4.25. The first-order valence-corrected chi connectivity index (χ1v) is 11.0. The van der Waals surface area contributed by atoms with Crippen molar-refractivity contribution in [3.05, 3.63) is 34.4 Å². The zero-order valence-corrected chi connectivity index (χ0v) is 21.3. The van der Waals surface area contributed by atoms with Crippen LogP contribution in [-0.2, 0) is 19.4 Å². The Hall–Kier alpha value is -1.48. The molecule has 1 aromatic carbocycles. The maximum Gasteiger partial charge on any atom is 0.137 e. The second-order valence-electron chi connectivity index (χ2n) is 9.98. The minimum absolute atomic E-state index is 0.126. The van der Waals surface area contributed by atoms with Crippen molar-refractivity contribution in [3.8, 4) is 0 Å². The lowest BCUT2D eigenvalue weighted by Gasteiger charge is -2.31. The van der Waals surface area contributed by atoms with Crippen molar-refractivity contribution < 1.29 is 28.6 Å². The van der Waals surface area contributed by atoms with Crippen LogP contribution in [0.15, 0.2) is 6.58 Å². The van der Waals surface area contributed by atoms with E-state index in [9.17, 15) is 0 Å². The van der Waals surface area contributed by atoms with Gasteiger partial charge in [-0.25, -0.2) is 9.68 Å². The van der Waals surface area contributed by atoms with E-state index in [2.05, 4.69) is 48.4 Å². The maximum absolute atomic E-state index is 6.08. The Morgan fingerprint density at radius 1 is 1.03 bits per heavy atom. The van der Waals surface area contributed by atoms with Crippen LogP contribution < -0.4 is 5.23 Å². The van der Waals surface area contributed by atoms with Crippen LogP contribution >= 0.6 is 0 Å². The summed E-state index contributed by atoms with van der Waals surface area (Å²) in [6.07, 6.45) is 0.778. The Morgan fingerprint density at radius 3 is 2.26 bits per heavy atom. The molecule has 176 valence electrons. The third kappa shape index (κ3) is 6.75. The summed E-state index contributed by atoms with van der Waals surface area (Å²) in [7, 11) is 10.2. The van der Waals surface area contributed by atoms with E-state index in [0.29, 0.717) is 29.1 Å². The van der Waals surface area contributed by atoms with E-state index >= 15 is 0 Å². The first-order chi connectivity index (χ1) is 14.2. The van der Waals surface area contributed by atoms with Crippen molar-refractivity contribution in [1.29, 1.82) is 0 Å². The number of benzene rings is 1. The molecule has 0 N–H and O–H groups in total. The molecular weight excluding hydrogens is 394 g/mol. The van der Waals surface area contributed by atoms with E-state index in [1.54, 1.807) is 5.23 Å². The highest BCUT2D eigenvalue weighted by atomic mass is 17.0. The lowest BCUT2D eigenvalue weighted by Crippen LogP contribution is -2.51. The second kappa shape index (κ2) is 9.98. The molecule has 1 aliphatic rings. The molecule has 7 nitrogen and oxygen atoms in total. The average Bonchev–Trinajstić information content (AvgIpc) is 3.05. The van der Waals surface area contributed by atoms with Crippen LogP contribution in [0.1, 0.15) is 41.2 Å². The highest BCUT2D eigenvalue weighted by Gasteiger charge is 2.30. The number of anilines is 1. The molecule has 31 heavy (non-hydrogen) atoms. The molecule has 0 amide bonds. The zero-order valence-electron chi connectivity index (χ0n) is 21.3. The van der Waals surface area contributed by atoms with Crippen LogP contribution in [0, 0.1) is 27.7 Å². The molecule has 1 aromatic rings. The Labute approximate surface area is 188 Å². The Balaban J connectivity index is 1.90. The third-order valence-corrected chi connectivity index (χ3v) is 5.57. The molecule has 0 bridgehead atoms. The van der Waals surface area contributed by atoms with Crippen molar-refractivity contribution in [3.63, 3.8) is 0 Å². The van der Waals surface area contributed by atoms with Gasteiger partial charge in [0.2, 0.25) is 0 Å². The summed E-state index contributed by atoms with van der Waals surface area (Å²) in [5.74, 6) is 0. The maximum atomic E-state index is 6.08. The van der Waals surface area contributed by atoms with Gasteiger partial charge in [0.15, 0.2) is 0 Å². The van der Waals surface area contributed by atoms with E-state index in [-0.39, 0.29) is 6.10 Å². The van der Waals surface area contributed by atoms with Crippen molar-refractivity contribution in [1.82, 2.24) is 0 Å². The number of hydrogen-bond donors (Lipinski definition) is 0. The first-order valence-electron chi connectivity index (χ1n) is 11.0. The summed E-state index contributed by atoms with van der Waals surface area (Å²) in [5.41, 5.74) is 8.00. The van der Waals surface area contributed by atoms with Crippen LogP contribution in [0.4, 0.5) is 5.69 Å². The van der Waals surface area contributed by atoms with Gasteiger partial charge in [-0.05, 0) is 67.4 Å². The lowest BCUT2D eigenvalue weighted by molar-refractivity contribution is -1.32. The Kier molecular flexibility index (Phi) is 8.30. The van der Waals surface area contributed by atoms with Crippen LogP contribution in [0.5, 0.6) is 0 Å². The summed E-state index contributed by atoms with van der Waals surface area (Å²) in [5, 5.41) is 1.58. The van der Waals surface area contributed by atoms with Gasteiger partial charge >= 0.3 is 0 Å². The molecule has 1 aliphatic heterocycles. The van der Waals surface area contributed by atoms with E-state index in [1.807, 2.05) is 28.1 Å². The Morgan fingerprint density at radius 2 is 1.68 bits per heavy atom. The van der Waals surface area contributed by atoms with Gasteiger partial charge in [0.25, 0.3) is 0 Å². The van der Waals surface area contributed by atoms with Crippen LogP contribution in [0.25, 0.3) is 5.57 Å². The second-order valence-corrected chi connectivity index (χ2v) is 9.98. The minimum atomic E-state index is -0.126. The monoisotopic (exact) mass is 437 g/mol. The van der Waals surface area contributed by atoms with Gasteiger partial charge < -0.3 is 4.74 Å². The molecule has 1 heterocycles. The number of ether oxygens (including phenoxy) is 1.